The van der Waals surface area contributed by atoms with Crippen molar-refractivity contribution >= 4 is 23.4 Å². The van der Waals surface area contributed by atoms with E-state index in [2.05, 4.69) is 20.7 Å². The van der Waals surface area contributed by atoms with Gasteiger partial charge in [0.15, 0.2) is 17.5 Å². The number of alkyl halides is 3. The van der Waals surface area contributed by atoms with Gasteiger partial charge in [-0.1, -0.05) is 5.21 Å². The number of hydrogen-bond acceptors (Lipinski definition) is 5. The van der Waals surface area contributed by atoms with Crippen LogP contribution in [0.25, 0.3) is 0 Å². The average Bonchev–Trinajstić information content (AvgIpc) is 3.40. The third-order valence-electron chi connectivity index (χ3n) is 5.33. The number of carbonyl (C=O) groups is 3. The predicted molar refractivity (Wildman–Crippen MR) is 102 cm³/mol. The summed E-state index contributed by atoms with van der Waals surface area (Å²) in [5.74, 6) is -8.89. The van der Waals surface area contributed by atoms with Crippen molar-refractivity contribution in [2.75, 3.05) is 11.9 Å². The minimum absolute atomic E-state index is 0.0629. The number of H-pyrrole nitrogens is 1. The van der Waals surface area contributed by atoms with Crippen LogP contribution in [-0.4, -0.2) is 56.8 Å². The fourth-order valence-electron chi connectivity index (χ4n) is 3.63. The molecule has 34 heavy (non-hydrogen) atoms. The second-order valence-electron chi connectivity index (χ2n) is 7.62. The first kappa shape index (κ1) is 25.0. The Kier molecular flexibility index (Phi) is 7.12. The zero-order chi connectivity index (χ0) is 25.2. The van der Waals surface area contributed by atoms with Crippen LogP contribution in [0.15, 0.2) is 18.3 Å². The molecule has 0 bridgehead atoms. The van der Waals surface area contributed by atoms with Crippen molar-refractivity contribution < 1.29 is 40.7 Å². The maximum Gasteiger partial charge on any atom is 0.391 e. The molecule has 3 atom stereocenters. The third-order valence-corrected chi connectivity index (χ3v) is 5.33. The van der Waals surface area contributed by atoms with Crippen LogP contribution in [0.2, 0.25) is 0 Å². The van der Waals surface area contributed by atoms with Crippen molar-refractivity contribution in [3.05, 3.63) is 41.5 Å². The van der Waals surface area contributed by atoms with E-state index in [1.807, 2.05) is 5.32 Å². The largest absolute Gasteiger partial charge is 0.391 e. The summed E-state index contributed by atoms with van der Waals surface area (Å²) in [7, 11) is 0. The van der Waals surface area contributed by atoms with Crippen molar-refractivity contribution in [3.63, 3.8) is 0 Å². The Balaban J connectivity index is 1.65. The normalized spacial score (nSPS) is 19.1. The molecule has 0 spiro atoms. The average molecular weight is 492 g/mol. The number of nitrogens with zero attached hydrogens (tertiary/aromatic N) is 3. The molecular formula is C19H18F6N6O3. The molecule has 0 radical (unpaired) electrons. The Labute approximate surface area is 187 Å². The maximum atomic E-state index is 13.4. The quantitative estimate of drug-likeness (QED) is 0.336. The van der Waals surface area contributed by atoms with Crippen molar-refractivity contribution in [1.29, 1.82) is 0 Å². The Morgan fingerprint density at radius 3 is 2.41 bits per heavy atom. The summed E-state index contributed by atoms with van der Waals surface area (Å²) in [6.45, 7) is 1.35. The number of halogens is 6. The van der Waals surface area contributed by atoms with Gasteiger partial charge in [-0.2, -0.15) is 13.2 Å². The number of anilines is 1. The molecule has 9 nitrogen and oxygen atoms in total. The van der Waals surface area contributed by atoms with Gasteiger partial charge in [-0.15, -0.1) is 5.10 Å². The van der Waals surface area contributed by atoms with Gasteiger partial charge in [-0.3, -0.25) is 19.5 Å². The smallest absolute Gasteiger partial charge is 0.339 e. The molecule has 2 aromatic rings. The van der Waals surface area contributed by atoms with Crippen LogP contribution in [0.5, 0.6) is 0 Å². The number of aromatic nitrogens is 3. The molecule has 0 saturated carbocycles. The molecule has 1 aromatic heterocycles. The molecule has 15 heteroatoms. The first-order valence-corrected chi connectivity index (χ1v) is 9.87. The van der Waals surface area contributed by atoms with E-state index in [9.17, 15) is 40.7 Å². The second-order valence-corrected chi connectivity index (χ2v) is 7.62. The van der Waals surface area contributed by atoms with E-state index in [1.54, 1.807) is 0 Å². The van der Waals surface area contributed by atoms with Crippen molar-refractivity contribution in [1.82, 2.24) is 25.6 Å². The number of amides is 3. The van der Waals surface area contributed by atoms with Crippen LogP contribution in [-0.2, 0) is 14.4 Å². The van der Waals surface area contributed by atoms with Crippen LogP contribution >= 0.6 is 0 Å². The number of nitrogens with one attached hydrogen (secondary N) is 3. The monoisotopic (exact) mass is 492 g/mol. The van der Waals surface area contributed by atoms with Gasteiger partial charge in [0.05, 0.1) is 18.4 Å². The molecule has 0 unspecified atom stereocenters. The van der Waals surface area contributed by atoms with E-state index in [1.165, 1.54) is 6.92 Å². The Hall–Kier alpha value is -3.65. The molecular weight excluding hydrogens is 474 g/mol. The molecule has 2 heterocycles. The van der Waals surface area contributed by atoms with Gasteiger partial charge in [0.25, 0.3) is 0 Å². The van der Waals surface area contributed by atoms with E-state index in [-0.39, 0.29) is 24.3 Å². The minimum Gasteiger partial charge on any atom is -0.339 e. The number of hydrogen-bond donors (Lipinski definition) is 3. The van der Waals surface area contributed by atoms with Crippen LogP contribution < -0.4 is 10.6 Å². The molecule has 3 amide bonds. The van der Waals surface area contributed by atoms with Gasteiger partial charge in [0, 0.05) is 36.6 Å². The van der Waals surface area contributed by atoms with E-state index in [0.717, 1.165) is 11.1 Å². The number of aromatic amines is 1. The summed E-state index contributed by atoms with van der Waals surface area (Å²) in [6.07, 6.45) is -5.07. The lowest BCUT2D eigenvalue weighted by Crippen LogP contribution is -2.47. The van der Waals surface area contributed by atoms with E-state index >= 15 is 0 Å². The summed E-state index contributed by atoms with van der Waals surface area (Å²) in [5.41, 5.74) is -0.581. The fraction of sp³-hybridized carbons (Fsp3) is 0.421. The molecule has 0 aliphatic carbocycles. The van der Waals surface area contributed by atoms with E-state index < -0.39 is 65.8 Å². The lowest BCUT2D eigenvalue weighted by molar-refractivity contribution is -0.151. The van der Waals surface area contributed by atoms with Crippen molar-refractivity contribution in [2.45, 2.75) is 38.0 Å². The highest BCUT2D eigenvalue weighted by Crippen LogP contribution is 2.29. The minimum atomic E-state index is -4.68. The Morgan fingerprint density at radius 1 is 1.21 bits per heavy atom. The van der Waals surface area contributed by atoms with Crippen molar-refractivity contribution in [3.8, 4) is 0 Å². The zero-order valence-electron chi connectivity index (χ0n) is 17.4. The van der Waals surface area contributed by atoms with Gasteiger partial charge >= 0.3 is 18.0 Å². The van der Waals surface area contributed by atoms with Crippen LogP contribution in [0.3, 0.4) is 0 Å². The predicted octanol–water partition coefficient (Wildman–Crippen LogP) is 2.21. The standard InChI is InChI=1S/C19H18F6N6O3/c1-8-10(16(32)27-9-4-11(20)15(22)12(21)5-9)2-3-31(8)18(34)17(33)28-13(6-19(23,24)25)14-7-26-30-29-14/h4-5,7-8,10,13H,2-3,6H2,1H3,(H,27,32)(H,28,33)(H,26,29,30)/t8-,10-,13+/m0/s1. The van der Waals surface area contributed by atoms with Gasteiger partial charge in [0.1, 0.15) is 5.69 Å². The molecule has 3 N–H and O–H groups in total. The Bertz CT molecular complexity index is 1050. The fourth-order valence-corrected chi connectivity index (χ4v) is 3.63. The highest BCUT2D eigenvalue weighted by Gasteiger charge is 2.41. The van der Waals surface area contributed by atoms with Gasteiger partial charge in [-0.25, -0.2) is 13.2 Å². The van der Waals surface area contributed by atoms with E-state index in [4.69, 9.17) is 0 Å². The number of likely N-dealkylation sites (tertiary alicyclic amines) is 1. The maximum absolute atomic E-state index is 13.4. The number of benzene rings is 1. The lowest BCUT2D eigenvalue weighted by Gasteiger charge is -2.25. The first-order chi connectivity index (χ1) is 15.9. The zero-order valence-corrected chi connectivity index (χ0v) is 17.4. The molecule has 1 aromatic carbocycles. The van der Waals surface area contributed by atoms with Gasteiger partial charge in [-0.05, 0) is 13.3 Å². The molecule has 1 aliphatic heterocycles. The molecule has 184 valence electrons. The molecule has 1 fully saturated rings. The highest BCUT2D eigenvalue weighted by atomic mass is 19.4. The third kappa shape index (κ3) is 5.63. The topological polar surface area (TPSA) is 120 Å². The first-order valence-electron chi connectivity index (χ1n) is 9.87. The van der Waals surface area contributed by atoms with Crippen molar-refractivity contribution in [2.24, 2.45) is 5.92 Å². The van der Waals surface area contributed by atoms with Gasteiger partial charge < -0.3 is 15.5 Å². The van der Waals surface area contributed by atoms with Gasteiger partial charge in [0.2, 0.25) is 5.91 Å². The summed E-state index contributed by atoms with van der Waals surface area (Å²) in [5, 5.41) is 13.2. The summed E-state index contributed by atoms with van der Waals surface area (Å²) >= 11 is 0. The molecule has 1 aliphatic rings. The number of rotatable bonds is 5. The highest BCUT2D eigenvalue weighted by molar-refractivity contribution is 6.35. The summed E-state index contributed by atoms with van der Waals surface area (Å²) in [4.78, 5) is 38.5. The SMILES string of the molecule is C[C@H]1[C@@H](C(=O)Nc2cc(F)c(F)c(F)c2)CCN1C(=O)C(=O)N[C@H](CC(F)(F)F)c1c[nH]nn1. The van der Waals surface area contributed by atoms with E-state index in [0.29, 0.717) is 12.1 Å². The molecule has 3 rings (SSSR count). The van der Waals surface area contributed by atoms with Crippen LogP contribution in [0.4, 0.5) is 32.0 Å². The number of carbonyl (C=O) groups excluding carboxylic acids is 3. The van der Waals surface area contributed by atoms with Crippen LogP contribution in [0, 0.1) is 23.4 Å². The summed E-state index contributed by atoms with van der Waals surface area (Å²) < 4.78 is 78.5. The van der Waals surface area contributed by atoms with Crippen LogP contribution in [0.1, 0.15) is 31.5 Å². The second kappa shape index (κ2) is 9.69. The summed E-state index contributed by atoms with van der Waals surface area (Å²) in [6, 6.07) is -1.38. The lowest BCUT2D eigenvalue weighted by atomic mass is 10.0. The molecule has 1 saturated heterocycles. The Morgan fingerprint density at radius 2 is 1.85 bits per heavy atom.